The number of alkyl halides is 2. The number of amides is 2. The summed E-state index contributed by atoms with van der Waals surface area (Å²) in [5, 5.41) is 11.3. The number of piperidine rings is 1. The lowest BCUT2D eigenvalue weighted by Gasteiger charge is -2.38. The zero-order chi connectivity index (χ0) is 23.7. The molecule has 2 amide bonds. The summed E-state index contributed by atoms with van der Waals surface area (Å²) >= 11 is 6.13. The lowest BCUT2D eigenvalue weighted by atomic mass is 9.99. The number of likely N-dealkylation sites (tertiary alicyclic amines) is 1. The zero-order valence-corrected chi connectivity index (χ0v) is 18.8. The van der Waals surface area contributed by atoms with E-state index in [1.54, 1.807) is 36.3 Å². The van der Waals surface area contributed by atoms with Gasteiger partial charge in [0.05, 0.1) is 17.3 Å². The molecule has 2 atom stereocenters. The maximum absolute atomic E-state index is 13.4. The number of nitrogens with zero attached hydrogens (tertiary/aromatic N) is 4. The Kier molecular flexibility index (Phi) is 6.46. The molecule has 1 aliphatic rings. The molecular weight excluding hydrogens is 454 g/mol. The van der Waals surface area contributed by atoms with Crippen molar-refractivity contribution in [2.45, 2.75) is 31.9 Å². The molecule has 3 heterocycles. The van der Waals surface area contributed by atoms with E-state index in [4.69, 9.17) is 11.6 Å². The largest absolute Gasteiger partial charge is 0.380 e. The number of halogens is 3. The molecule has 2 N–H and O–H groups in total. The summed E-state index contributed by atoms with van der Waals surface area (Å²) in [6.07, 6.45) is 0.826. The van der Waals surface area contributed by atoms with Crippen molar-refractivity contribution in [3.63, 3.8) is 0 Å². The van der Waals surface area contributed by atoms with Crippen LogP contribution in [0.1, 0.15) is 35.8 Å². The first-order chi connectivity index (χ1) is 15.7. The van der Waals surface area contributed by atoms with Gasteiger partial charge in [-0.05, 0) is 30.7 Å². The van der Waals surface area contributed by atoms with Crippen LogP contribution in [0.5, 0.6) is 0 Å². The normalized spacial score (nSPS) is 18.5. The van der Waals surface area contributed by atoms with Gasteiger partial charge in [0.1, 0.15) is 5.69 Å². The third-order valence-electron chi connectivity index (χ3n) is 5.57. The summed E-state index contributed by atoms with van der Waals surface area (Å²) in [5.41, 5.74) is 0.900. The molecule has 0 aliphatic carbocycles. The van der Waals surface area contributed by atoms with Gasteiger partial charge in [-0.1, -0.05) is 11.6 Å². The van der Waals surface area contributed by atoms with Gasteiger partial charge in [0.15, 0.2) is 0 Å². The molecule has 1 saturated heterocycles. The van der Waals surface area contributed by atoms with Crippen LogP contribution in [0.2, 0.25) is 5.02 Å². The number of aromatic nitrogens is 3. The zero-order valence-electron chi connectivity index (χ0n) is 18.1. The van der Waals surface area contributed by atoms with Crippen molar-refractivity contribution in [2.24, 2.45) is 7.05 Å². The van der Waals surface area contributed by atoms with Crippen LogP contribution < -0.4 is 10.6 Å². The highest BCUT2D eigenvalue weighted by molar-refractivity contribution is 6.31. The highest BCUT2D eigenvalue weighted by Crippen LogP contribution is 2.31. The molecule has 11 heteroatoms. The second kappa shape index (κ2) is 9.30. The van der Waals surface area contributed by atoms with Crippen molar-refractivity contribution < 1.29 is 18.4 Å². The van der Waals surface area contributed by atoms with E-state index in [2.05, 4.69) is 20.7 Å². The second-order valence-electron chi connectivity index (χ2n) is 8.13. The topological polar surface area (TPSA) is 92.2 Å². The summed E-state index contributed by atoms with van der Waals surface area (Å²) in [7, 11) is 1.72. The number of fused-ring (bicyclic) bond motifs is 1. The van der Waals surface area contributed by atoms with Crippen LogP contribution in [0, 0.1) is 0 Å². The Morgan fingerprint density at radius 1 is 1.21 bits per heavy atom. The Balaban J connectivity index is 1.59. The minimum atomic E-state index is -2.74. The average Bonchev–Trinajstić information content (AvgIpc) is 3.20. The van der Waals surface area contributed by atoms with Gasteiger partial charge in [0.2, 0.25) is 5.91 Å². The number of pyridine rings is 1. The molecular formula is C22H23ClF2N6O2. The fraction of sp³-hybridized carbons (Fsp3) is 0.364. The van der Waals surface area contributed by atoms with E-state index in [1.165, 1.54) is 23.9 Å². The Labute approximate surface area is 193 Å². The summed E-state index contributed by atoms with van der Waals surface area (Å²) < 4.78 is 28.4. The lowest BCUT2D eigenvalue weighted by Crippen LogP contribution is -2.55. The van der Waals surface area contributed by atoms with E-state index in [0.29, 0.717) is 46.7 Å². The Hall–Kier alpha value is -3.27. The van der Waals surface area contributed by atoms with E-state index < -0.39 is 6.43 Å². The number of aryl methyl sites for hydroxylation is 1. The van der Waals surface area contributed by atoms with Crippen LogP contribution in [-0.2, 0) is 11.8 Å². The molecule has 8 nitrogen and oxygen atoms in total. The van der Waals surface area contributed by atoms with Gasteiger partial charge >= 0.3 is 0 Å². The van der Waals surface area contributed by atoms with Gasteiger partial charge in [-0.2, -0.15) is 5.10 Å². The number of hydrogen-bond acceptors (Lipinski definition) is 5. The number of rotatable bonds is 5. The molecule has 4 rings (SSSR count). The SMILES string of the molecule is CC(=O)N1C[C@@H](NC(=O)c2cnn(C)c2)C[C@@H](Nc2cc(C(F)F)nc3ccc(Cl)cc23)C1. The Morgan fingerprint density at radius 2 is 1.97 bits per heavy atom. The summed E-state index contributed by atoms with van der Waals surface area (Å²) in [6, 6.07) is 5.52. The molecule has 0 saturated carbocycles. The summed E-state index contributed by atoms with van der Waals surface area (Å²) in [4.78, 5) is 30.4. The first-order valence-corrected chi connectivity index (χ1v) is 10.8. The van der Waals surface area contributed by atoms with Gasteiger partial charge in [0.25, 0.3) is 12.3 Å². The van der Waals surface area contributed by atoms with Crippen molar-refractivity contribution >= 4 is 40.0 Å². The molecule has 0 unspecified atom stereocenters. The number of anilines is 1. The van der Waals surface area contributed by atoms with Crippen LogP contribution in [0.3, 0.4) is 0 Å². The summed E-state index contributed by atoms with van der Waals surface area (Å²) in [5.74, 6) is -0.434. The fourth-order valence-corrected chi connectivity index (χ4v) is 4.21. The van der Waals surface area contributed by atoms with Crippen LogP contribution in [0.4, 0.5) is 14.5 Å². The maximum atomic E-state index is 13.4. The number of carbonyl (C=O) groups is 2. The molecule has 174 valence electrons. The third-order valence-corrected chi connectivity index (χ3v) is 5.81. The predicted molar refractivity (Wildman–Crippen MR) is 120 cm³/mol. The molecule has 1 fully saturated rings. The number of carbonyl (C=O) groups excluding carboxylic acids is 2. The number of hydrogen-bond donors (Lipinski definition) is 2. The van der Waals surface area contributed by atoms with Gasteiger partial charge in [-0.3, -0.25) is 14.3 Å². The van der Waals surface area contributed by atoms with Crippen molar-refractivity contribution in [3.05, 3.63) is 52.9 Å². The van der Waals surface area contributed by atoms with E-state index in [1.807, 2.05) is 0 Å². The van der Waals surface area contributed by atoms with E-state index in [0.717, 1.165) is 0 Å². The van der Waals surface area contributed by atoms with Crippen molar-refractivity contribution in [1.82, 2.24) is 25.0 Å². The highest BCUT2D eigenvalue weighted by Gasteiger charge is 2.30. The molecule has 0 radical (unpaired) electrons. The molecule has 1 aliphatic heterocycles. The monoisotopic (exact) mass is 476 g/mol. The van der Waals surface area contributed by atoms with E-state index >= 15 is 0 Å². The third kappa shape index (κ3) is 5.22. The average molecular weight is 477 g/mol. The molecule has 1 aromatic carbocycles. The first-order valence-electron chi connectivity index (χ1n) is 10.4. The Morgan fingerprint density at radius 3 is 2.64 bits per heavy atom. The fourth-order valence-electron chi connectivity index (χ4n) is 4.04. The van der Waals surface area contributed by atoms with Crippen LogP contribution in [0.15, 0.2) is 36.7 Å². The van der Waals surface area contributed by atoms with Crippen molar-refractivity contribution in [3.8, 4) is 0 Å². The molecule has 2 aromatic heterocycles. The van der Waals surface area contributed by atoms with Crippen LogP contribution in [0.25, 0.3) is 10.9 Å². The van der Waals surface area contributed by atoms with Gasteiger partial charge in [-0.25, -0.2) is 13.8 Å². The number of nitrogens with one attached hydrogen (secondary N) is 2. The maximum Gasteiger partial charge on any atom is 0.280 e. The minimum absolute atomic E-state index is 0.141. The number of benzene rings is 1. The Bertz CT molecular complexity index is 1200. The summed E-state index contributed by atoms with van der Waals surface area (Å²) in [6.45, 7) is 2.17. The standard InChI is InChI=1S/C22H23ClF2N6O2/c1-12(32)31-10-15(6-16(11-31)28-22(33)13-8-26-30(2)9-13)27-19-7-20(21(24)25)29-18-4-3-14(23)5-17(18)19/h3-5,7-9,15-16,21H,6,10-11H2,1-2H3,(H,27,29)(H,28,33)/t15-,16+/m1/s1. The predicted octanol–water partition coefficient (Wildman–Crippen LogP) is 3.39. The molecule has 0 spiro atoms. The van der Waals surface area contributed by atoms with Gasteiger partial charge < -0.3 is 15.5 Å². The highest BCUT2D eigenvalue weighted by atomic mass is 35.5. The van der Waals surface area contributed by atoms with E-state index in [9.17, 15) is 18.4 Å². The lowest BCUT2D eigenvalue weighted by molar-refractivity contribution is -0.130. The van der Waals surface area contributed by atoms with Crippen molar-refractivity contribution in [1.29, 1.82) is 0 Å². The second-order valence-corrected chi connectivity index (χ2v) is 8.57. The quantitative estimate of drug-likeness (QED) is 0.589. The van der Waals surface area contributed by atoms with Crippen LogP contribution in [-0.4, -0.2) is 56.7 Å². The molecule has 3 aromatic rings. The molecule has 33 heavy (non-hydrogen) atoms. The van der Waals surface area contributed by atoms with Gasteiger partial charge in [0, 0.05) is 61.4 Å². The first kappa shape index (κ1) is 22.9. The smallest absolute Gasteiger partial charge is 0.280 e. The molecule has 0 bridgehead atoms. The van der Waals surface area contributed by atoms with Gasteiger partial charge in [-0.15, -0.1) is 0 Å². The van der Waals surface area contributed by atoms with Crippen molar-refractivity contribution in [2.75, 3.05) is 18.4 Å². The minimum Gasteiger partial charge on any atom is -0.380 e. The van der Waals surface area contributed by atoms with E-state index in [-0.39, 0.29) is 29.6 Å². The van der Waals surface area contributed by atoms with Crippen LogP contribution >= 0.6 is 11.6 Å².